The fourth-order valence-electron chi connectivity index (χ4n) is 5.24. The van der Waals surface area contributed by atoms with Gasteiger partial charge in [-0.05, 0) is 30.7 Å². The number of rotatable bonds is 4. The number of benzene rings is 1. The molecule has 1 saturated carbocycles. The molecule has 3 fully saturated rings. The SMILES string of the molecule is COC(=O)[C@H]1C[C@H]2CN(C(=O)CC3CCCC3)CC(=O)N2[C@H]1c1ccccc1. The molecule has 0 N–H and O–H groups in total. The number of carbonyl (C=O) groups excluding carboxylic acids is 3. The lowest BCUT2D eigenvalue weighted by molar-refractivity contribution is -0.151. The van der Waals surface area contributed by atoms with Gasteiger partial charge in [0.15, 0.2) is 0 Å². The van der Waals surface area contributed by atoms with Crippen molar-refractivity contribution in [3.8, 4) is 0 Å². The van der Waals surface area contributed by atoms with E-state index in [1.165, 1.54) is 20.0 Å². The van der Waals surface area contributed by atoms with Crippen LogP contribution in [0.2, 0.25) is 0 Å². The number of ether oxygens (including phenoxy) is 1. The summed E-state index contributed by atoms with van der Waals surface area (Å²) < 4.78 is 5.03. The van der Waals surface area contributed by atoms with E-state index in [0.717, 1.165) is 18.4 Å². The minimum absolute atomic E-state index is 0.0729. The first kappa shape index (κ1) is 19.0. The summed E-state index contributed by atoms with van der Waals surface area (Å²) >= 11 is 0. The zero-order valence-corrected chi connectivity index (χ0v) is 16.4. The van der Waals surface area contributed by atoms with Gasteiger partial charge in [0.1, 0.15) is 0 Å². The lowest BCUT2D eigenvalue weighted by atomic mass is 9.93. The molecule has 1 aliphatic carbocycles. The summed E-state index contributed by atoms with van der Waals surface area (Å²) in [6, 6.07) is 9.21. The van der Waals surface area contributed by atoms with Gasteiger partial charge < -0.3 is 14.5 Å². The van der Waals surface area contributed by atoms with Crippen LogP contribution in [0.5, 0.6) is 0 Å². The lowest BCUT2D eigenvalue weighted by Crippen LogP contribution is -2.56. The molecule has 2 heterocycles. The number of hydrogen-bond donors (Lipinski definition) is 0. The average Bonchev–Trinajstić information content (AvgIpc) is 3.35. The summed E-state index contributed by atoms with van der Waals surface area (Å²) in [7, 11) is 1.39. The number of fused-ring (bicyclic) bond motifs is 1. The van der Waals surface area contributed by atoms with E-state index in [1.807, 2.05) is 35.2 Å². The predicted octanol–water partition coefficient (Wildman–Crippen LogP) is 2.54. The normalized spacial score (nSPS) is 27.8. The van der Waals surface area contributed by atoms with Crippen LogP contribution >= 0.6 is 0 Å². The van der Waals surface area contributed by atoms with Crippen LogP contribution < -0.4 is 0 Å². The van der Waals surface area contributed by atoms with Crippen LogP contribution in [0.25, 0.3) is 0 Å². The molecule has 6 heteroatoms. The topological polar surface area (TPSA) is 66.9 Å². The molecular weight excluding hydrogens is 356 g/mol. The van der Waals surface area contributed by atoms with Crippen LogP contribution in [-0.4, -0.2) is 53.8 Å². The maximum absolute atomic E-state index is 13.0. The second-order valence-corrected chi connectivity index (χ2v) is 8.30. The van der Waals surface area contributed by atoms with Gasteiger partial charge in [0.25, 0.3) is 0 Å². The number of hydrogen-bond acceptors (Lipinski definition) is 4. The quantitative estimate of drug-likeness (QED) is 0.748. The smallest absolute Gasteiger partial charge is 0.311 e. The summed E-state index contributed by atoms with van der Waals surface area (Å²) in [6.45, 7) is 0.618. The van der Waals surface area contributed by atoms with Gasteiger partial charge in [0.05, 0.1) is 31.7 Å². The highest BCUT2D eigenvalue weighted by Crippen LogP contribution is 2.43. The minimum Gasteiger partial charge on any atom is -0.469 e. The van der Waals surface area contributed by atoms with Crippen LogP contribution in [0.4, 0.5) is 0 Å². The lowest BCUT2D eigenvalue weighted by Gasteiger charge is -2.40. The van der Waals surface area contributed by atoms with Crippen LogP contribution in [-0.2, 0) is 19.1 Å². The molecule has 28 heavy (non-hydrogen) atoms. The molecule has 2 aliphatic heterocycles. The van der Waals surface area contributed by atoms with Crippen molar-refractivity contribution in [2.45, 2.75) is 50.6 Å². The molecule has 2 saturated heterocycles. The van der Waals surface area contributed by atoms with Crippen molar-refractivity contribution in [1.29, 1.82) is 0 Å². The first-order valence-electron chi connectivity index (χ1n) is 10.3. The Balaban J connectivity index is 1.54. The highest BCUT2D eigenvalue weighted by molar-refractivity contribution is 5.88. The molecule has 150 valence electrons. The molecule has 6 nitrogen and oxygen atoms in total. The highest BCUT2D eigenvalue weighted by Gasteiger charge is 2.51. The molecule has 0 aromatic heterocycles. The van der Waals surface area contributed by atoms with E-state index in [0.29, 0.717) is 25.3 Å². The number of nitrogens with zero attached hydrogens (tertiary/aromatic N) is 2. The Kier molecular flexibility index (Phi) is 5.38. The van der Waals surface area contributed by atoms with E-state index in [-0.39, 0.29) is 36.4 Å². The number of piperazine rings is 1. The van der Waals surface area contributed by atoms with Crippen molar-refractivity contribution < 1.29 is 19.1 Å². The Morgan fingerprint density at radius 3 is 2.54 bits per heavy atom. The Bertz CT molecular complexity index is 744. The van der Waals surface area contributed by atoms with Crippen molar-refractivity contribution in [3.05, 3.63) is 35.9 Å². The standard InChI is InChI=1S/C22H28N2O4/c1-28-22(27)18-12-17-13-23(19(25)11-15-7-5-6-8-15)14-20(26)24(17)21(18)16-9-3-2-4-10-16/h2-4,9-10,15,17-18,21H,5-8,11-14H2,1H3/t17-,18-,21-/m0/s1. The van der Waals surface area contributed by atoms with Crippen molar-refractivity contribution in [2.24, 2.45) is 11.8 Å². The molecule has 4 rings (SSSR count). The second kappa shape index (κ2) is 7.94. The second-order valence-electron chi connectivity index (χ2n) is 8.30. The molecular formula is C22H28N2O4. The number of methoxy groups -OCH3 is 1. The van der Waals surface area contributed by atoms with E-state index in [9.17, 15) is 14.4 Å². The Morgan fingerprint density at radius 1 is 1.14 bits per heavy atom. The maximum atomic E-state index is 13.0. The summed E-state index contributed by atoms with van der Waals surface area (Å²) in [5.41, 5.74) is 0.944. The first-order chi connectivity index (χ1) is 13.6. The average molecular weight is 384 g/mol. The Hall–Kier alpha value is -2.37. The molecule has 1 aromatic carbocycles. The molecule has 2 amide bonds. The van der Waals surface area contributed by atoms with Gasteiger partial charge >= 0.3 is 5.97 Å². The molecule has 3 atom stereocenters. The maximum Gasteiger partial charge on any atom is 0.311 e. The van der Waals surface area contributed by atoms with Gasteiger partial charge in [-0.2, -0.15) is 0 Å². The van der Waals surface area contributed by atoms with E-state index in [4.69, 9.17) is 4.74 Å². The zero-order valence-electron chi connectivity index (χ0n) is 16.4. The number of carbonyl (C=O) groups is 3. The molecule has 1 aromatic rings. The fraction of sp³-hybridized carbons (Fsp3) is 0.591. The predicted molar refractivity (Wildman–Crippen MR) is 103 cm³/mol. The molecule has 0 unspecified atom stereocenters. The molecule has 0 spiro atoms. The zero-order chi connectivity index (χ0) is 19.7. The van der Waals surface area contributed by atoms with Gasteiger partial charge in [0, 0.05) is 13.0 Å². The van der Waals surface area contributed by atoms with Crippen LogP contribution in [0, 0.1) is 11.8 Å². The van der Waals surface area contributed by atoms with Crippen LogP contribution in [0.1, 0.15) is 50.1 Å². The molecule has 3 aliphatic rings. The van der Waals surface area contributed by atoms with Crippen molar-refractivity contribution >= 4 is 17.8 Å². The Morgan fingerprint density at radius 2 is 1.86 bits per heavy atom. The van der Waals surface area contributed by atoms with E-state index in [1.54, 1.807) is 4.90 Å². The Labute approximate surface area is 165 Å². The van der Waals surface area contributed by atoms with Crippen LogP contribution in [0.3, 0.4) is 0 Å². The summed E-state index contributed by atoms with van der Waals surface area (Å²) in [6.07, 6.45) is 5.71. The van der Waals surface area contributed by atoms with E-state index < -0.39 is 5.92 Å². The number of amides is 2. The number of esters is 1. The minimum atomic E-state index is -0.397. The van der Waals surface area contributed by atoms with Gasteiger partial charge in [-0.3, -0.25) is 14.4 Å². The van der Waals surface area contributed by atoms with Crippen LogP contribution in [0.15, 0.2) is 30.3 Å². The first-order valence-corrected chi connectivity index (χ1v) is 10.3. The van der Waals surface area contributed by atoms with E-state index >= 15 is 0 Å². The van der Waals surface area contributed by atoms with Gasteiger partial charge in [-0.1, -0.05) is 43.2 Å². The third kappa shape index (κ3) is 3.52. The van der Waals surface area contributed by atoms with Gasteiger partial charge in [-0.25, -0.2) is 0 Å². The summed E-state index contributed by atoms with van der Waals surface area (Å²) in [4.78, 5) is 41.8. The molecule has 0 radical (unpaired) electrons. The van der Waals surface area contributed by atoms with Crippen molar-refractivity contribution in [3.63, 3.8) is 0 Å². The monoisotopic (exact) mass is 384 g/mol. The van der Waals surface area contributed by atoms with Gasteiger partial charge in [0.2, 0.25) is 11.8 Å². The summed E-state index contributed by atoms with van der Waals surface area (Å²) in [5, 5.41) is 0. The fourth-order valence-corrected chi connectivity index (χ4v) is 5.24. The third-order valence-electron chi connectivity index (χ3n) is 6.58. The highest BCUT2D eigenvalue weighted by atomic mass is 16.5. The van der Waals surface area contributed by atoms with Crippen molar-refractivity contribution in [1.82, 2.24) is 9.80 Å². The van der Waals surface area contributed by atoms with Gasteiger partial charge in [-0.15, -0.1) is 0 Å². The van der Waals surface area contributed by atoms with Crippen molar-refractivity contribution in [2.75, 3.05) is 20.2 Å². The van der Waals surface area contributed by atoms with E-state index in [2.05, 4.69) is 0 Å². The largest absolute Gasteiger partial charge is 0.469 e. The third-order valence-corrected chi connectivity index (χ3v) is 6.58. The summed E-state index contributed by atoms with van der Waals surface area (Å²) in [5.74, 6) is -0.218. The molecule has 0 bridgehead atoms.